The van der Waals surface area contributed by atoms with Crippen LogP contribution in [0.5, 0.6) is 5.75 Å². The van der Waals surface area contributed by atoms with Gasteiger partial charge in [0, 0.05) is 18.0 Å². The van der Waals surface area contributed by atoms with E-state index >= 15 is 0 Å². The fourth-order valence-corrected chi connectivity index (χ4v) is 2.83. The van der Waals surface area contributed by atoms with Crippen molar-refractivity contribution in [3.8, 4) is 5.75 Å². The van der Waals surface area contributed by atoms with Gasteiger partial charge >= 0.3 is 0 Å². The van der Waals surface area contributed by atoms with Gasteiger partial charge in [-0.15, -0.1) is 0 Å². The molecule has 3 N–H and O–H groups in total. The Kier molecular flexibility index (Phi) is 6.19. The van der Waals surface area contributed by atoms with Gasteiger partial charge in [-0.1, -0.05) is 19.4 Å². The molecule has 0 spiro atoms. The van der Waals surface area contributed by atoms with Crippen LogP contribution in [-0.2, 0) is 4.79 Å². The van der Waals surface area contributed by atoms with Crippen LogP contribution in [0.25, 0.3) is 0 Å². The maximum atomic E-state index is 13.2. The van der Waals surface area contributed by atoms with E-state index in [1.54, 1.807) is 12.1 Å². The third-order valence-corrected chi connectivity index (χ3v) is 4.14. The highest BCUT2D eigenvalue weighted by Gasteiger charge is 2.25. The lowest BCUT2D eigenvalue weighted by Gasteiger charge is -2.26. The highest BCUT2D eigenvalue weighted by Crippen LogP contribution is 2.23. The number of rotatable bonds is 6. The third-order valence-electron chi connectivity index (χ3n) is 4.14. The smallest absolute Gasteiger partial charge is 0.223 e. The molecule has 1 aliphatic rings. The van der Waals surface area contributed by atoms with E-state index in [-0.39, 0.29) is 29.8 Å². The Hall–Kier alpha value is -1.62. The molecule has 0 saturated heterocycles. The van der Waals surface area contributed by atoms with Crippen LogP contribution in [0.3, 0.4) is 0 Å². The average molecular weight is 308 g/mol. The number of halogens is 1. The molecule has 1 fully saturated rings. The van der Waals surface area contributed by atoms with E-state index in [0.717, 1.165) is 32.1 Å². The van der Waals surface area contributed by atoms with Crippen LogP contribution in [0.15, 0.2) is 24.3 Å². The standard InChI is InChI=1S/C17H25FN2O2/c1-2-15(22-16-8-4-6-13(18)10-16)11-20-17(21)12-5-3-7-14(19)9-12/h4,6,8,10,12,14-15H,2-3,5,7,9,11,19H2,1H3,(H,20,21). The highest BCUT2D eigenvalue weighted by atomic mass is 19.1. The minimum atomic E-state index is -0.326. The molecule has 2 rings (SSSR count). The summed E-state index contributed by atoms with van der Waals surface area (Å²) in [6.07, 6.45) is 4.25. The van der Waals surface area contributed by atoms with Crippen molar-refractivity contribution in [3.05, 3.63) is 30.1 Å². The van der Waals surface area contributed by atoms with Gasteiger partial charge < -0.3 is 15.8 Å². The molecule has 4 nitrogen and oxygen atoms in total. The first-order valence-electron chi connectivity index (χ1n) is 8.04. The average Bonchev–Trinajstić information content (AvgIpc) is 2.51. The molecular formula is C17H25FN2O2. The summed E-state index contributed by atoms with van der Waals surface area (Å²) >= 11 is 0. The molecule has 22 heavy (non-hydrogen) atoms. The fraction of sp³-hybridized carbons (Fsp3) is 0.588. The van der Waals surface area contributed by atoms with Gasteiger partial charge in [0.15, 0.2) is 0 Å². The predicted octanol–water partition coefficient (Wildman–Crippen LogP) is 2.62. The van der Waals surface area contributed by atoms with E-state index < -0.39 is 0 Å². The second-order valence-corrected chi connectivity index (χ2v) is 5.97. The molecule has 3 atom stereocenters. The maximum absolute atomic E-state index is 13.2. The highest BCUT2D eigenvalue weighted by molar-refractivity contribution is 5.78. The molecule has 0 aromatic heterocycles. The first kappa shape index (κ1) is 16.7. The van der Waals surface area contributed by atoms with Crippen LogP contribution in [-0.4, -0.2) is 24.6 Å². The van der Waals surface area contributed by atoms with Crippen LogP contribution >= 0.6 is 0 Å². The molecule has 1 amide bonds. The number of carbonyl (C=O) groups is 1. The van der Waals surface area contributed by atoms with Gasteiger partial charge in [-0.3, -0.25) is 4.79 Å². The van der Waals surface area contributed by atoms with E-state index in [0.29, 0.717) is 12.3 Å². The minimum Gasteiger partial charge on any atom is -0.489 e. The minimum absolute atomic E-state index is 0.00965. The Morgan fingerprint density at radius 2 is 2.32 bits per heavy atom. The Morgan fingerprint density at radius 1 is 1.50 bits per heavy atom. The molecule has 0 aliphatic heterocycles. The Bertz CT molecular complexity index is 495. The summed E-state index contributed by atoms with van der Waals surface area (Å²) in [6, 6.07) is 6.19. The zero-order valence-electron chi connectivity index (χ0n) is 13.1. The number of benzene rings is 1. The molecule has 0 bridgehead atoms. The molecule has 0 heterocycles. The SMILES string of the molecule is CCC(CNC(=O)C1CCCC(N)C1)Oc1cccc(F)c1. The Balaban J connectivity index is 1.81. The monoisotopic (exact) mass is 308 g/mol. The van der Waals surface area contributed by atoms with E-state index in [2.05, 4.69) is 5.32 Å². The first-order valence-corrected chi connectivity index (χ1v) is 8.04. The molecule has 1 aromatic carbocycles. The zero-order valence-corrected chi connectivity index (χ0v) is 13.1. The van der Waals surface area contributed by atoms with Gasteiger partial charge in [-0.25, -0.2) is 4.39 Å². The second-order valence-electron chi connectivity index (χ2n) is 5.97. The summed E-state index contributed by atoms with van der Waals surface area (Å²) < 4.78 is 18.9. The Morgan fingerprint density at radius 3 is 3.00 bits per heavy atom. The van der Waals surface area contributed by atoms with Gasteiger partial charge in [0.2, 0.25) is 5.91 Å². The second kappa shape index (κ2) is 8.13. The maximum Gasteiger partial charge on any atom is 0.223 e. The number of amides is 1. The molecule has 1 aliphatic carbocycles. The summed E-state index contributed by atoms with van der Waals surface area (Å²) in [5.74, 6) is 0.222. The van der Waals surface area contributed by atoms with E-state index in [4.69, 9.17) is 10.5 Å². The molecule has 1 aromatic rings. The van der Waals surface area contributed by atoms with Crippen molar-refractivity contribution in [2.75, 3.05) is 6.54 Å². The van der Waals surface area contributed by atoms with Crippen molar-refractivity contribution in [2.45, 2.75) is 51.2 Å². The summed E-state index contributed by atoms with van der Waals surface area (Å²) in [5.41, 5.74) is 5.92. The fourth-order valence-electron chi connectivity index (χ4n) is 2.83. The number of nitrogens with one attached hydrogen (secondary N) is 1. The molecule has 3 unspecified atom stereocenters. The van der Waals surface area contributed by atoms with Gasteiger partial charge in [0.1, 0.15) is 17.7 Å². The number of hydrogen-bond acceptors (Lipinski definition) is 3. The van der Waals surface area contributed by atoms with Crippen molar-refractivity contribution < 1.29 is 13.9 Å². The molecule has 0 radical (unpaired) electrons. The quantitative estimate of drug-likeness (QED) is 0.849. The molecule has 1 saturated carbocycles. The molecule has 122 valence electrons. The topological polar surface area (TPSA) is 64.4 Å². The number of hydrogen-bond donors (Lipinski definition) is 2. The summed E-state index contributed by atoms with van der Waals surface area (Å²) in [6.45, 7) is 2.41. The third kappa shape index (κ3) is 4.98. The van der Waals surface area contributed by atoms with Crippen LogP contribution in [0, 0.1) is 11.7 Å². The van der Waals surface area contributed by atoms with Crippen molar-refractivity contribution >= 4 is 5.91 Å². The predicted molar refractivity (Wildman–Crippen MR) is 84.1 cm³/mol. The first-order chi connectivity index (χ1) is 10.6. The molecule has 5 heteroatoms. The lowest BCUT2D eigenvalue weighted by atomic mass is 9.85. The number of carbonyl (C=O) groups excluding carboxylic acids is 1. The lowest BCUT2D eigenvalue weighted by Crippen LogP contribution is -2.41. The van der Waals surface area contributed by atoms with E-state index in [1.165, 1.54) is 12.1 Å². The normalized spacial score (nSPS) is 22.9. The van der Waals surface area contributed by atoms with Crippen molar-refractivity contribution in [2.24, 2.45) is 11.7 Å². The van der Waals surface area contributed by atoms with Gasteiger partial charge in [-0.2, -0.15) is 0 Å². The van der Waals surface area contributed by atoms with Crippen LogP contribution in [0.2, 0.25) is 0 Å². The number of nitrogens with two attached hydrogens (primary N) is 1. The van der Waals surface area contributed by atoms with Crippen molar-refractivity contribution in [1.82, 2.24) is 5.32 Å². The largest absolute Gasteiger partial charge is 0.489 e. The van der Waals surface area contributed by atoms with Crippen LogP contribution < -0.4 is 15.8 Å². The van der Waals surface area contributed by atoms with Gasteiger partial charge in [-0.05, 0) is 37.8 Å². The number of ether oxygens (including phenoxy) is 1. The van der Waals surface area contributed by atoms with E-state index in [1.807, 2.05) is 6.92 Å². The zero-order chi connectivity index (χ0) is 15.9. The Labute approximate surface area is 131 Å². The van der Waals surface area contributed by atoms with Crippen molar-refractivity contribution in [3.63, 3.8) is 0 Å². The molecular weight excluding hydrogens is 283 g/mol. The van der Waals surface area contributed by atoms with Crippen LogP contribution in [0.1, 0.15) is 39.0 Å². The van der Waals surface area contributed by atoms with Gasteiger partial charge in [0.05, 0.1) is 6.54 Å². The van der Waals surface area contributed by atoms with Crippen LogP contribution in [0.4, 0.5) is 4.39 Å². The summed E-state index contributed by atoms with van der Waals surface area (Å²) in [4.78, 5) is 12.2. The lowest BCUT2D eigenvalue weighted by molar-refractivity contribution is -0.126. The summed E-state index contributed by atoms with van der Waals surface area (Å²) in [7, 11) is 0. The summed E-state index contributed by atoms with van der Waals surface area (Å²) in [5, 5.41) is 2.95. The van der Waals surface area contributed by atoms with Gasteiger partial charge in [0.25, 0.3) is 0 Å². The van der Waals surface area contributed by atoms with Crippen molar-refractivity contribution in [1.29, 1.82) is 0 Å². The van der Waals surface area contributed by atoms with E-state index in [9.17, 15) is 9.18 Å².